The highest BCUT2D eigenvalue weighted by Crippen LogP contribution is 2.18. The lowest BCUT2D eigenvalue weighted by atomic mass is 10.3. The summed E-state index contributed by atoms with van der Waals surface area (Å²) in [6, 6.07) is 2.80. The van der Waals surface area contributed by atoms with E-state index in [1.165, 1.54) is 6.20 Å². The number of hydrogen-bond donors (Lipinski definition) is 1. The normalized spacial score (nSPS) is 10.9. The Morgan fingerprint density at radius 2 is 2.16 bits per heavy atom. The van der Waals surface area contributed by atoms with Crippen molar-refractivity contribution in [1.29, 1.82) is 0 Å². The molecular formula is C15H12ClF2N5O2. The molecule has 10 heteroatoms. The maximum Gasteiger partial charge on any atom is 0.292 e. The number of benzene rings is 1. The summed E-state index contributed by atoms with van der Waals surface area (Å²) < 4.78 is 32.5. The highest BCUT2D eigenvalue weighted by atomic mass is 35.5. The molecule has 130 valence electrons. The lowest BCUT2D eigenvalue weighted by molar-refractivity contribution is 0.377. The third kappa shape index (κ3) is 3.66. The molecular weight excluding hydrogens is 356 g/mol. The van der Waals surface area contributed by atoms with Crippen molar-refractivity contribution in [1.82, 2.24) is 19.9 Å². The van der Waals surface area contributed by atoms with Crippen LogP contribution in [0.4, 0.5) is 14.5 Å². The van der Waals surface area contributed by atoms with E-state index >= 15 is 0 Å². The van der Waals surface area contributed by atoms with Crippen LogP contribution in [0.25, 0.3) is 5.69 Å². The molecule has 2 aromatic heterocycles. The molecule has 2 heterocycles. The van der Waals surface area contributed by atoms with Crippen molar-refractivity contribution in [3.63, 3.8) is 0 Å². The zero-order valence-electron chi connectivity index (χ0n) is 13.0. The predicted molar refractivity (Wildman–Crippen MR) is 86.0 cm³/mol. The summed E-state index contributed by atoms with van der Waals surface area (Å²) in [6.45, 7) is 2.08. The van der Waals surface area contributed by atoms with Crippen LogP contribution >= 0.6 is 11.6 Å². The number of aromatic nitrogens is 4. The van der Waals surface area contributed by atoms with E-state index in [9.17, 15) is 13.6 Å². The van der Waals surface area contributed by atoms with Crippen molar-refractivity contribution in [3.8, 4) is 5.69 Å². The quantitative estimate of drug-likeness (QED) is 0.745. The molecule has 0 aliphatic carbocycles. The smallest absolute Gasteiger partial charge is 0.292 e. The van der Waals surface area contributed by atoms with Crippen molar-refractivity contribution in [3.05, 3.63) is 63.1 Å². The fourth-order valence-electron chi connectivity index (χ4n) is 2.13. The van der Waals surface area contributed by atoms with Gasteiger partial charge in [-0.2, -0.15) is 14.8 Å². The van der Waals surface area contributed by atoms with Crippen LogP contribution in [0.5, 0.6) is 0 Å². The Morgan fingerprint density at radius 1 is 1.36 bits per heavy atom. The zero-order chi connectivity index (χ0) is 18.0. The maximum atomic E-state index is 13.8. The molecule has 3 rings (SSSR count). The van der Waals surface area contributed by atoms with Crippen LogP contribution in [-0.4, -0.2) is 26.5 Å². The lowest BCUT2D eigenvalue weighted by Gasteiger charge is -2.10. The Hall–Kier alpha value is -2.81. The number of anilines is 1. The molecule has 0 bridgehead atoms. The molecule has 1 N–H and O–H groups in total. The van der Waals surface area contributed by atoms with E-state index in [2.05, 4.69) is 20.6 Å². The van der Waals surface area contributed by atoms with Gasteiger partial charge in [0.1, 0.15) is 16.5 Å². The third-order valence-corrected chi connectivity index (χ3v) is 3.65. The molecule has 3 aromatic rings. The van der Waals surface area contributed by atoms with Crippen molar-refractivity contribution in [2.24, 2.45) is 0 Å². The molecule has 0 aliphatic rings. The van der Waals surface area contributed by atoms with Gasteiger partial charge in [0.2, 0.25) is 5.89 Å². The summed E-state index contributed by atoms with van der Waals surface area (Å²) in [6.07, 6.45) is 1.71. The van der Waals surface area contributed by atoms with Gasteiger partial charge >= 0.3 is 0 Å². The number of nitrogens with one attached hydrogen (secondary N) is 1. The molecule has 25 heavy (non-hydrogen) atoms. The van der Waals surface area contributed by atoms with E-state index in [-0.39, 0.29) is 16.4 Å². The first-order valence-electron chi connectivity index (χ1n) is 7.22. The predicted octanol–water partition coefficient (Wildman–Crippen LogP) is 2.51. The second kappa shape index (κ2) is 6.98. The van der Waals surface area contributed by atoms with E-state index in [4.69, 9.17) is 16.1 Å². The van der Waals surface area contributed by atoms with E-state index in [0.29, 0.717) is 30.7 Å². The molecule has 0 unspecified atom stereocenters. The summed E-state index contributed by atoms with van der Waals surface area (Å²) >= 11 is 6.03. The van der Waals surface area contributed by atoms with Crippen molar-refractivity contribution in [2.45, 2.75) is 13.3 Å². The van der Waals surface area contributed by atoms with E-state index in [1.807, 2.05) is 0 Å². The maximum absolute atomic E-state index is 13.8. The monoisotopic (exact) mass is 367 g/mol. The van der Waals surface area contributed by atoms with Crippen LogP contribution < -0.4 is 10.9 Å². The molecule has 1 aromatic carbocycles. The zero-order valence-corrected chi connectivity index (χ0v) is 13.7. The number of nitrogens with zero attached hydrogens (tertiary/aromatic N) is 4. The summed E-state index contributed by atoms with van der Waals surface area (Å²) in [7, 11) is 0. The van der Waals surface area contributed by atoms with Crippen LogP contribution in [-0.2, 0) is 6.42 Å². The number of rotatable bonds is 5. The highest BCUT2D eigenvalue weighted by Gasteiger charge is 2.14. The second-order valence-electron chi connectivity index (χ2n) is 5.10. The molecule has 7 nitrogen and oxygen atoms in total. The van der Waals surface area contributed by atoms with Crippen molar-refractivity contribution in [2.75, 3.05) is 11.9 Å². The number of hydrogen-bond acceptors (Lipinski definition) is 6. The highest BCUT2D eigenvalue weighted by molar-refractivity contribution is 6.32. The number of aryl methyl sites for hydroxylation is 1. The third-order valence-electron chi connectivity index (χ3n) is 3.28. The van der Waals surface area contributed by atoms with E-state index in [0.717, 1.165) is 16.8 Å². The first kappa shape index (κ1) is 17.0. The SMILES string of the molecule is Cc1noc(CCNc2cnn(-c3ccc(F)cc3F)c(=O)c2Cl)n1. The average Bonchev–Trinajstić information content (AvgIpc) is 2.98. The van der Waals surface area contributed by atoms with Gasteiger partial charge in [-0.15, -0.1) is 0 Å². The van der Waals surface area contributed by atoms with Gasteiger partial charge in [0.05, 0.1) is 11.9 Å². The van der Waals surface area contributed by atoms with E-state index < -0.39 is 17.2 Å². The van der Waals surface area contributed by atoms with Crippen LogP contribution in [0.2, 0.25) is 5.02 Å². The molecule has 0 radical (unpaired) electrons. The van der Waals surface area contributed by atoms with Gasteiger partial charge in [-0.25, -0.2) is 8.78 Å². The summed E-state index contributed by atoms with van der Waals surface area (Å²) in [5, 5.41) is 10.3. The fraction of sp³-hybridized carbons (Fsp3) is 0.200. The molecule has 0 atom stereocenters. The Morgan fingerprint density at radius 3 is 2.84 bits per heavy atom. The summed E-state index contributed by atoms with van der Waals surface area (Å²) in [5.74, 6) is -0.706. The first-order chi connectivity index (χ1) is 12.0. The van der Waals surface area contributed by atoms with Crippen LogP contribution in [0, 0.1) is 18.6 Å². The molecule has 0 saturated heterocycles. The van der Waals surface area contributed by atoms with Gasteiger partial charge in [-0.3, -0.25) is 4.79 Å². The minimum Gasteiger partial charge on any atom is -0.382 e. The van der Waals surface area contributed by atoms with Crippen molar-refractivity contribution >= 4 is 17.3 Å². The molecule has 0 spiro atoms. The van der Waals surface area contributed by atoms with Gasteiger partial charge in [0, 0.05) is 19.0 Å². The van der Waals surface area contributed by atoms with Crippen LogP contribution in [0.15, 0.2) is 33.7 Å². The standard InChI is InChI=1S/C15H12ClF2N5O2/c1-8-21-13(25-22-8)4-5-19-11-7-20-23(15(24)14(11)16)12-3-2-9(17)6-10(12)18/h2-3,6-7,19H,4-5H2,1H3. The molecule has 0 amide bonds. The van der Waals surface area contributed by atoms with Gasteiger partial charge < -0.3 is 9.84 Å². The second-order valence-corrected chi connectivity index (χ2v) is 5.47. The van der Waals surface area contributed by atoms with Gasteiger partial charge in [0.25, 0.3) is 5.56 Å². The van der Waals surface area contributed by atoms with E-state index in [1.54, 1.807) is 6.92 Å². The van der Waals surface area contributed by atoms with Crippen LogP contribution in [0.3, 0.4) is 0 Å². The minimum atomic E-state index is -0.918. The lowest BCUT2D eigenvalue weighted by Crippen LogP contribution is -2.24. The van der Waals surface area contributed by atoms with Gasteiger partial charge in [-0.05, 0) is 19.1 Å². The molecule has 0 saturated carbocycles. The number of halogens is 3. The van der Waals surface area contributed by atoms with Gasteiger partial charge in [0.15, 0.2) is 11.6 Å². The fourth-order valence-corrected chi connectivity index (χ4v) is 2.32. The van der Waals surface area contributed by atoms with Crippen molar-refractivity contribution < 1.29 is 13.3 Å². The summed E-state index contributed by atoms with van der Waals surface area (Å²) in [5.41, 5.74) is -0.645. The Bertz CT molecular complexity index is 973. The average molecular weight is 368 g/mol. The molecule has 0 aliphatic heterocycles. The summed E-state index contributed by atoms with van der Waals surface area (Å²) in [4.78, 5) is 16.3. The topological polar surface area (TPSA) is 85.8 Å². The van der Waals surface area contributed by atoms with Crippen LogP contribution in [0.1, 0.15) is 11.7 Å². The Balaban J connectivity index is 1.79. The minimum absolute atomic E-state index is 0.166. The molecule has 0 fully saturated rings. The first-order valence-corrected chi connectivity index (χ1v) is 7.60. The largest absolute Gasteiger partial charge is 0.382 e. The van der Waals surface area contributed by atoms with Gasteiger partial charge in [-0.1, -0.05) is 16.8 Å². The Kier molecular flexibility index (Phi) is 4.75. The Labute approximate surface area is 145 Å².